The lowest BCUT2D eigenvalue weighted by molar-refractivity contribution is -0.380. The largest absolute Gasteiger partial charge is 0.350 e. The second-order valence-electron chi connectivity index (χ2n) is 3.58. The van der Waals surface area contributed by atoms with Crippen LogP contribution in [0.25, 0.3) is 6.08 Å². The zero-order valence-corrected chi connectivity index (χ0v) is 10.5. The zero-order chi connectivity index (χ0) is 12.8. The summed E-state index contributed by atoms with van der Waals surface area (Å²) in [4.78, 5) is 22.1. The Morgan fingerprint density at radius 2 is 2.35 bits per heavy atom. The molecule has 1 aromatic rings. The van der Waals surface area contributed by atoms with Crippen LogP contribution in [-0.2, 0) is 4.79 Å². The molecule has 1 aromatic heterocycles. The summed E-state index contributed by atoms with van der Waals surface area (Å²) in [6.07, 6.45) is 3.83. The molecule has 0 radical (unpaired) electrons. The number of hydrogen-bond donors (Lipinski definition) is 1. The van der Waals surface area contributed by atoms with E-state index in [-0.39, 0.29) is 17.0 Å². The number of amides is 1. The molecule has 0 spiro atoms. The maximum Gasteiger partial charge on any atom is 0.324 e. The van der Waals surface area contributed by atoms with Gasteiger partial charge < -0.3 is 5.32 Å². The van der Waals surface area contributed by atoms with E-state index in [0.717, 1.165) is 17.8 Å². The summed E-state index contributed by atoms with van der Waals surface area (Å²) in [6.45, 7) is 3.90. The SMILES string of the molecule is CCC(C)NC(=O)/C=C/c1ccc([N+](=O)[O-])s1. The van der Waals surface area contributed by atoms with Gasteiger partial charge in [0.15, 0.2) is 0 Å². The summed E-state index contributed by atoms with van der Waals surface area (Å²) >= 11 is 1.04. The molecular weight excluding hydrogens is 240 g/mol. The lowest BCUT2D eigenvalue weighted by Crippen LogP contribution is -2.30. The molecule has 6 heteroatoms. The monoisotopic (exact) mass is 254 g/mol. The Balaban J connectivity index is 2.58. The Kier molecular flexibility index (Phi) is 4.84. The average Bonchev–Trinajstić information content (AvgIpc) is 2.75. The third-order valence-corrected chi connectivity index (χ3v) is 3.19. The first-order valence-electron chi connectivity index (χ1n) is 5.25. The fourth-order valence-electron chi connectivity index (χ4n) is 1.08. The van der Waals surface area contributed by atoms with Gasteiger partial charge >= 0.3 is 5.00 Å². The standard InChI is InChI=1S/C11H14N2O3S/c1-3-8(2)12-10(14)6-4-9-5-7-11(17-9)13(15)16/h4-8H,3H2,1-2H3,(H,12,14)/b6-4+. The van der Waals surface area contributed by atoms with Crippen LogP contribution in [0.2, 0.25) is 0 Å². The molecule has 0 bridgehead atoms. The van der Waals surface area contributed by atoms with Crippen LogP contribution in [0.1, 0.15) is 25.1 Å². The van der Waals surface area contributed by atoms with Gasteiger partial charge in [-0.1, -0.05) is 18.3 Å². The predicted octanol–water partition coefficient (Wildman–Crippen LogP) is 2.58. The molecule has 0 saturated heterocycles. The molecular formula is C11H14N2O3S. The van der Waals surface area contributed by atoms with Crippen LogP contribution in [0.15, 0.2) is 18.2 Å². The highest BCUT2D eigenvalue weighted by atomic mass is 32.1. The minimum absolute atomic E-state index is 0.0759. The normalized spacial score (nSPS) is 12.6. The van der Waals surface area contributed by atoms with Crippen LogP contribution in [0.4, 0.5) is 5.00 Å². The number of carbonyl (C=O) groups excluding carboxylic acids is 1. The van der Waals surface area contributed by atoms with Crippen molar-refractivity contribution < 1.29 is 9.72 Å². The number of carbonyl (C=O) groups is 1. The first-order chi connectivity index (χ1) is 8.02. The van der Waals surface area contributed by atoms with E-state index in [1.165, 1.54) is 12.1 Å². The van der Waals surface area contributed by atoms with Crippen molar-refractivity contribution in [2.24, 2.45) is 0 Å². The number of nitrogens with one attached hydrogen (secondary N) is 1. The minimum Gasteiger partial charge on any atom is -0.350 e. The zero-order valence-electron chi connectivity index (χ0n) is 9.67. The third-order valence-electron chi connectivity index (χ3n) is 2.19. The summed E-state index contributed by atoms with van der Waals surface area (Å²) in [5, 5.41) is 13.3. The maximum atomic E-state index is 11.4. The fraction of sp³-hybridized carbons (Fsp3) is 0.364. The van der Waals surface area contributed by atoms with E-state index in [2.05, 4.69) is 5.32 Å². The molecule has 5 nitrogen and oxygen atoms in total. The van der Waals surface area contributed by atoms with E-state index in [1.807, 2.05) is 13.8 Å². The van der Waals surface area contributed by atoms with E-state index < -0.39 is 4.92 Å². The molecule has 0 aromatic carbocycles. The van der Waals surface area contributed by atoms with Crippen molar-refractivity contribution in [3.05, 3.63) is 33.2 Å². The number of nitro groups is 1. The molecule has 1 amide bonds. The molecule has 0 fully saturated rings. The van der Waals surface area contributed by atoms with Crippen molar-refractivity contribution in [1.82, 2.24) is 5.32 Å². The van der Waals surface area contributed by atoms with Crippen molar-refractivity contribution >= 4 is 28.3 Å². The Bertz CT molecular complexity index is 440. The minimum atomic E-state index is -0.443. The van der Waals surface area contributed by atoms with Gasteiger partial charge in [0.1, 0.15) is 0 Å². The molecule has 0 aliphatic carbocycles. The molecule has 0 aliphatic rings. The highest BCUT2D eigenvalue weighted by molar-refractivity contribution is 7.16. The van der Waals surface area contributed by atoms with E-state index in [9.17, 15) is 14.9 Å². The molecule has 92 valence electrons. The highest BCUT2D eigenvalue weighted by Crippen LogP contribution is 2.24. The van der Waals surface area contributed by atoms with Crippen LogP contribution in [-0.4, -0.2) is 16.9 Å². The molecule has 1 atom stereocenters. The molecule has 0 saturated carbocycles. The van der Waals surface area contributed by atoms with Gasteiger partial charge in [0.25, 0.3) is 0 Å². The predicted molar refractivity (Wildman–Crippen MR) is 67.9 cm³/mol. The Morgan fingerprint density at radius 1 is 1.65 bits per heavy atom. The van der Waals surface area contributed by atoms with Crippen molar-refractivity contribution in [2.75, 3.05) is 0 Å². The van der Waals surface area contributed by atoms with E-state index in [4.69, 9.17) is 0 Å². The quantitative estimate of drug-likeness (QED) is 0.498. The number of rotatable bonds is 5. The number of nitrogens with zero attached hydrogens (tertiary/aromatic N) is 1. The summed E-state index contributed by atoms with van der Waals surface area (Å²) in [6, 6.07) is 3.18. The molecule has 1 rings (SSSR count). The van der Waals surface area contributed by atoms with E-state index in [1.54, 1.807) is 12.1 Å². The van der Waals surface area contributed by atoms with Gasteiger partial charge in [-0.2, -0.15) is 0 Å². The van der Waals surface area contributed by atoms with Crippen molar-refractivity contribution in [3.63, 3.8) is 0 Å². The lowest BCUT2D eigenvalue weighted by Gasteiger charge is -2.08. The molecule has 1 unspecified atom stereocenters. The average molecular weight is 254 g/mol. The van der Waals surface area contributed by atoms with Crippen LogP contribution in [0.3, 0.4) is 0 Å². The first kappa shape index (κ1) is 13.4. The number of hydrogen-bond acceptors (Lipinski definition) is 4. The second kappa shape index (κ2) is 6.15. The maximum absolute atomic E-state index is 11.4. The van der Waals surface area contributed by atoms with Gasteiger partial charge in [-0.05, 0) is 25.5 Å². The van der Waals surface area contributed by atoms with E-state index in [0.29, 0.717) is 4.88 Å². The Hall–Kier alpha value is -1.69. The second-order valence-corrected chi connectivity index (χ2v) is 4.68. The molecule has 1 heterocycles. The number of thiophene rings is 1. The van der Waals surface area contributed by atoms with Gasteiger partial charge in [0.2, 0.25) is 5.91 Å². The molecule has 1 N–H and O–H groups in total. The van der Waals surface area contributed by atoms with Crippen molar-refractivity contribution in [1.29, 1.82) is 0 Å². The molecule has 0 aliphatic heterocycles. The van der Waals surface area contributed by atoms with Crippen molar-refractivity contribution in [3.8, 4) is 0 Å². The van der Waals surface area contributed by atoms with Gasteiger partial charge in [-0.25, -0.2) is 0 Å². The van der Waals surface area contributed by atoms with Gasteiger partial charge in [-0.15, -0.1) is 0 Å². The summed E-state index contributed by atoms with van der Waals surface area (Å²) < 4.78 is 0. The van der Waals surface area contributed by atoms with Gasteiger partial charge in [0, 0.05) is 23.1 Å². The first-order valence-corrected chi connectivity index (χ1v) is 6.07. The topological polar surface area (TPSA) is 72.2 Å². The fourth-order valence-corrected chi connectivity index (χ4v) is 1.81. The Morgan fingerprint density at radius 3 is 2.88 bits per heavy atom. The molecule has 17 heavy (non-hydrogen) atoms. The Labute approximate surface area is 103 Å². The van der Waals surface area contributed by atoms with Crippen molar-refractivity contribution in [2.45, 2.75) is 26.3 Å². The van der Waals surface area contributed by atoms with Crippen LogP contribution < -0.4 is 5.32 Å². The summed E-state index contributed by atoms with van der Waals surface area (Å²) in [5.74, 6) is -0.185. The highest BCUT2D eigenvalue weighted by Gasteiger charge is 2.08. The van der Waals surface area contributed by atoms with Crippen LogP contribution in [0, 0.1) is 10.1 Å². The van der Waals surface area contributed by atoms with Gasteiger partial charge in [0.05, 0.1) is 4.92 Å². The lowest BCUT2D eigenvalue weighted by atomic mass is 10.2. The third kappa shape index (κ3) is 4.36. The van der Waals surface area contributed by atoms with Crippen LogP contribution >= 0.6 is 11.3 Å². The summed E-state index contributed by atoms with van der Waals surface area (Å²) in [5.41, 5.74) is 0. The summed E-state index contributed by atoms with van der Waals surface area (Å²) in [7, 11) is 0. The van der Waals surface area contributed by atoms with E-state index >= 15 is 0 Å². The smallest absolute Gasteiger partial charge is 0.324 e. The van der Waals surface area contributed by atoms with Crippen LogP contribution in [0.5, 0.6) is 0 Å². The van der Waals surface area contributed by atoms with Gasteiger partial charge in [-0.3, -0.25) is 14.9 Å².